The number of hydrogen-bond acceptors (Lipinski definition) is 3. The lowest BCUT2D eigenvalue weighted by Crippen LogP contribution is -1.71. The van der Waals surface area contributed by atoms with Crippen LogP contribution in [0.5, 0.6) is 0 Å². The third kappa shape index (κ3) is 2.28. The highest BCUT2D eigenvalue weighted by Crippen LogP contribution is 2.15. The molecule has 3 heteroatoms. The molecule has 1 rings (SSSR count). The predicted molar refractivity (Wildman–Crippen MR) is 43.9 cm³/mol. The van der Waals surface area contributed by atoms with Crippen LogP contribution >= 0.6 is 24.4 Å². The summed E-state index contributed by atoms with van der Waals surface area (Å²) >= 11 is 5.74. The van der Waals surface area contributed by atoms with Gasteiger partial charge in [-0.1, -0.05) is 0 Å². The summed E-state index contributed by atoms with van der Waals surface area (Å²) in [5.74, 6) is 0. The molecular weight excluding hydrogens is 150 g/mol. The van der Waals surface area contributed by atoms with Gasteiger partial charge in [-0.3, -0.25) is 4.98 Å². The van der Waals surface area contributed by atoms with Crippen LogP contribution in [-0.4, -0.2) is 10.1 Å². The van der Waals surface area contributed by atoms with E-state index in [1.165, 1.54) is 4.90 Å². The zero-order chi connectivity index (χ0) is 6.53. The van der Waals surface area contributed by atoms with Gasteiger partial charge in [0.2, 0.25) is 0 Å². The molecule has 0 bridgehead atoms. The second-order valence-corrected chi connectivity index (χ2v) is 3.26. The molecule has 0 spiro atoms. The average molecular weight is 157 g/mol. The number of thioether (sulfide) groups is 1. The summed E-state index contributed by atoms with van der Waals surface area (Å²) in [5.41, 5.74) is 0. The molecule has 1 aromatic rings. The van der Waals surface area contributed by atoms with E-state index in [4.69, 9.17) is 0 Å². The fourth-order valence-electron chi connectivity index (χ4n) is 0.507. The van der Waals surface area contributed by atoms with Gasteiger partial charge in [-0.25, -0.2) is 0 Å². The predicted octanol–water partition coefficient (Wildman–Crippen LogP) is 2.06. The molecule has 1 heterocycles. The van der Waals surface area contributed by atoms with Crippen LogP contribution in [0.1, 0.15) is 0 Å². The van der Waals surface area contributed by atoms with Gasteiger partial charge in [0.15, 0.2) is 0 Å². The Bertz CT molecular complexity index is 164. The highest BCUT2D eigenvalue weighted by atomic mass is 32.2. The second-order valence-electron chi connectivity index (χ2n) is 1.46. The van der Waals surface area contributed by atoms with Gasteiger partial charge in [0, 0.05) is 22.4 Å². The van der Waals surface area contributed by atoms with Crippen molar-refractivity contribution in [2.45, 2.75) is 4.90 Å². The number of rotatable bonds is 2. The minimum Gasteiger partial charge on any atom is -0.264 e. The van der Waals surface area contributed by atoms with E-state index >= 15 is 0 Å². The molecule has 0 radical (unpaired) electrons. The molecule has 9 heavy (non-hydrogen) atoms. The Morgan fingerprint density at radius 2 is 2.56 bits per heavy atom. The molecule has 0 aliphatic rings. The Morgan fingerprint density at radius 1 is 1.67 bits per heavy atom. The molecule has 0 atom stereocenters. The van der Waals surface area contributed by atoms with Crippen LogP contribution in [0.2, 0.25) is 0 Å². The Morgan fingerprint density at radius 3 is 3.11 bits per heavy atom. The van der Waals surface area contributed by atoms with Crippen molar-refractivity contribution in [2.75, 3.05) is 5.08 Å². The van der Waals surface area contributed by atoms with E-state index in [9.17, 15) is 0 Å². The van der Waals surface area contributed by atoms with Crippen LogP contribution in [0.25, 0.3) is 0 Å². The second kappa shape index (κ2) is 3.80. The third-order valence-electron chi connectivity index (χ3n) is 0.866. The number of thiol groups is 1. The lowest BCUT2D eigenvalue weighted by atomic mass is 10.5. The fourth-order valence-corrected chi connectivity index (χ4v) is 1.41. The molecule has 0 fully saturated rings. The van der Waals surface area contributed by atoms with Gasteiger partial charge in [-0.2, -0.15) is 12.6 Å². The van der Waals surface area contributed by atoms with Crippen LogP contribution in [0.4, 0.5) is 0 Å². The van der Waals surface area contributed by atoms with Crippen molar-refractivity contribution >= 4 is 24.4 Å². The van der Waals surface area contributed by atoms with E-state index in [0.29, 0.717) is 0 Å². The van der Waals surface area contributed by atoms with Gasteiger partial charge in [-0.15, -0.1) is 11.8 Å². The molecule has 0 amide bonds. The summed E-state index contributed by atoms with van der Waals surface area (Å²) < 4.78 is 0. The van der Waals surface area contributed by atoms with E-state index in [1.807, 2.05) is 18.3 Å². The van der Waals surface area contributed by atoms with Gasteiger partial charge in [-0.05, 0) is 12.1 Å². The van der Waals surface area contributed by atoms with Crippen molar-refractivity contribution in [3.63, 3.8) is 0 Å². The zero-order valence-corrected chi connectivity index (χ0v) is 6.53. The molecule has 0 aliphatic carbocycles. The molecule has 0 aromatic carbocycles. The van der Waals surface area contributed by atoms with Gasteiger partial charge in [0.25, 0.3) is 0 Å². The lowest BCUT2D eigenvalue weighted by molar-refractivity contribution is 1.24. The van der Waals surface area contributed by atoms with Crippen molar-refractivity contribution < 1.29 is 0 Å². The van der Waals surface area contributed by atoms with Crippen LogP contribution in [0.3, 0.4) is 0 Å². The molecule has 1 aromatic heterocycles. The molecule has 0 saturated carbocycles. The minimum absolute atomic E-state index is 0.811. The zero-order valence-electron chi connectivity index (χ0n) is 4.82. The van der Waals surface area contributed by atoms with E-state index in [1.54, 1.807) is 18.0 Å². The topological polar surface area (TPSA) is 12.9 Å². The summed E-state index contributed by atoms with van der Waals surface area (Å²) in [6, 6.07) is 3.94. The average Bonchev–Trinajstić information content (AvgIpc) is 1.91. The number of aromatic nitrogens is 1. The van der Waals surface area contributed by atoms with Gasteiger partial charge in [0.05, 0.1) is 0 Å². The third-order valence-corrected chi connectivity index (χ3v) is 1.96. The van der Waals surface area contributed by atoms with Gasteiger partial charge >= 0.3 is 0 Å². The highest BCUT2D eigenvalue weighted by Gasteiger charge is 1.86. The Kier molecular flexibility index (Phi) is 2.94. The number of pyridine rings is 1. The van der Waals surface area contributed by atoms with Crippen LogP contribution < -0.4 is 0 Å². The Balaban J connectivity index is 2.61. The lowest BCUT2D eigenvalue weighted by Gasteiger charge is -1.92. The summed E-state index contributed by atoms with van der Waals surface area (Å²) in [4.78, 5) is 5.12. The van der Waals surface area contributed by atoms with E-state index in [2.05, 4.69) is 17.6 Å². The maximum absolute atomic E-state index is 4.07. The molecule has 48 valence electrons. The number of nitrogens with zero attached hydrogens (tertiary/aromatic N) is 1. The van der Waals surface area contributed by atoms with E-state index < -0.39 is 0 Å². The number of hydrogen-bond donors (Lipinski definition) is 1. The first-order chi connectivity index (χ1) is 4.43. The maximum Gasteiger partial charge on any atom is 0.0409 e. The van der Waals surface area contributed by atoms with Crippen molar-refractivity contribution in [1.29, 1.82) is 0 Å². The van der Waals surface area contributed by atoms with Crippen LogP contribution in [-0.2, 0) is 0 Å². The first-order valence-corrected chi connectivity index (χ1v) is 4.19. The van der Waals surface area contributed by atoms with E-state index in [0.717, 1.165) is 5.08 Å². The summed E-state index contributed by atoms with van der Waals surface area (Å²) in [6.45, 7) is 0. The Hall–Kier alpha value is -0.150. The monoisotopic (exact) mass is 157 g/mol. The molecule has 0 N–H and O–H groups in total. The maximum atomic E-state index is 4.07. The van der Waals surface area contributed by atoms with Gasteiger partial charge < -0.3 is 0 Å². The Labute approximate surface area is 64.3 Å². The minimum atomic E-state index is 0.811. The fraction of sp³-hybridized carbons (Fsp3) is 0.167. The van der Waals surface area contributed by atoms with Crippen LogP contribution in [0, 0.1) is 0 Å². The first-order valence-electron chi connectivity index (χ1n) is 2.57. The quantitative estimate of drug-likeness (QED) is 0.401. The van der Waals surface area contributed by atoms with E-state index in [-0.39, 0.29) is 0 Å². The standard InChI is InChI=1S/C6H7NS2/c8-5-9-6-2-1-3-7-4-6/h1-4,8H,5H2. The molecule has 0 aliphatic heterocycles. The van der Waals surface area contributed by atoms with Crippen molar-refractivity contribution in [1.82, 2.24) is 4.98 Å². The SMILES string of the molecule is SCSc1cccnc1. The normalized spacial score (nSPS) is 9.44. The summed E-state index contributed by atoms with van der Waals surface area (Å²) in [7, 11) is 0. The molecular formula is C6H7NS2. The van der Waals surface area contributed by atoms with Crippen molar-refractivity contribution in [3.05, 3.63) is 24.5 Å². The van der Waals surface area contributed by atoms with Crippen LogP contribution in [0.15, 0.2) is 29.4 Å². The summed E-state index contributed by atoms with van der Waals surface area (Å²) in [5, 5.41) is 0.811. The molecule has 0 saturated heterocycles. The summed E-state index contributed by atoms with van der Waals surface area (Å²) in [6.07, 6.45) is 3.60. The van der Waals surface area contributed by atoms with Crippen molar-refractivity contribution in [2.24, 2.45) is 0 Å². The largest absolute Gasteiger partial charge is 0.264 e. The smallest absolute Gasteiger partial charge is 0.0409 e. The molecule has 0 unspecified atom stereocenters. The molecule has 1 nitrogen and oxygen atoms in total. The van der Waals surface area contributed by atoms with Crippen molar-refractivity contribution in [3.8, 4) is 0 Å². The van der Waals surface area contributed by atoms with Gasteiger partial charge in [0.1, 0.15) is 0 Å². The first kappa shape index (κ1) is 6.96. The highest BCUT2D eigenvalue weighted by molar-refractivity contribution is 8.09.